The van der Waals surface area contributed by atoms with Crippen molar-refractivity contribution in [2.75, 3.05) is 6.54 Å². The van der Waals surface area contributed by atoms with Gasteiger partial charge in [-0.3, -0.25) is 4.79 Å². The molecular weight excluding hydrogens is 306 g/mol. The maximum absolute atomic E-state index is 11.9. The molecule has 0 aliphatic rings. The molecule has 128 valence electrons. The number of nitrogens with two attached hydrogens (primary N) is 1. The molecule has 1 aromatic heterocycles. The monoisotopic (exact) mass is 329 g/mol. The van der Waals surface area contributed by atoms with E-state index in [-0.39, 0.29) is 12.1 Å². The number of furan rings is 1. The van der Waals surface area contributed by atoms with Gasteiger partial charge in [-0.25, -0.2) is 4.79 Å². The summed E-state index contributed by atoms with van der Waals surface area (Å²) in [4.78, 5) is 23.0. The van der Waals surface area contributed by atoms with Gasteiger partial charge >= 0.3 is 6.03 Å². The Labute approximate surface area is 141 Å². The lowest BCUT2D eigenvalue weighted by atomic mass is 10.1. The average molecular weight is 329 g/mol. The van der Waals surface area contributed by atoms with Crippen molar-refractivity contribution in [3.63, 3.8) is 0 Å². The molecule has 0 saturated heterocycles. The van der Waals surface area contributed by atoms with Crippen LogP contribution in [0.5, 0.6) is 0 Å². The smallest absolute Gasteiger partial charge is 0.315 e. The predicted molar refractivity (Wildman–Crippen MR) is 91.7 cm³/mol. The van der Waals surface area contributed by atoms with Crippen LogP contribution in [0.4, 0.5) is 4.79 Å². The molecule has 1 heterocycles. The first kappa shape index (κ1) is 17.6. The van der Waals surface area contributed by atoms with Crippen molar-refractivity contribution in [2.24, 2.45) is 5.73 Å². The molecule has 1 atom stereocenters. The van der Waals surface area contributed by atoms with Crippen molar-refractivity contribution >= 4 is 11.9 Å². The molecule has 0 aliphatic carbocycles. The zero-order valence-corrected chi connectivity index (χ0v) is 13.7. The van der Waals surface area contributed by atoms with Gasteiger partial charge in [0.25, 0.3) is 0 Å². The van der Waals surface area contributed by atoms with Crippen molar-refractivity contribution < 1.29 is 14.0 Å². The summed E-state index contributed by atoms with van der Waals surface area (Å²) in [7, 11) is 0. The fourth-order valence-corrected chi connectivity index (χ4v) is 2.36. The Kier molecular flexibility index (Phi) is 6.42. The average Bonchev–Trinajstić information content (AvgIpc) is 3.06. The van der Waals surface area contributed by atoms with Gasteiger partial charge in [0.15, 0.2) is 0 Å². The van der Waals surface area contributed by atoms with E-state index in [1.54, 1.807) is 24.5 Å². The Bertz CT molecular complexity index is 668. The number of urea groups is 1. The number of carbonyl (C=O) groups excluding carboxylic acids is 2. The lowest BCUT2D eigenvalue weighted by Crippen LogP contribution is -2.41. The molecule has 0 fully saturated rings. The molecule has 4 N–H and O–H groups in total. The lowest BCUT2D eigenvalue weighted by Gasteiger charge is -2.14. The molecule has 1 aromatic carbocycles. The van der Waals surface area contributed by atoms with E-state index in [0.29, 0.717) is 18.5 Å². The molecule has 0 radical (unpaired) electrons. The Morgan fingerprint density at radius 3 is 2.75 bits per heavy atom. The van der Waals surface area contributed by atoms with Gasteiger partial charge in [-0.1, -0.05) is 12.1 Å². The first-order chi connectivity index (χ1) is 11.5. The highest BCUT2D eigenvalue weighted by Gasteiger charge is 2.08. The highest BCUT2D eigenvalue weighted by Crippen LogP contribution is 2.06. The highest BCUT2D eigenvalue weighted by molar-refractivity contribution is 5.92. The SMILES string of the molecule is CC(CCc1ccco1)NC(=O)NCCc1cccc(C(N)=O)c1. The van der Waals surface area contributed by atoms with E-state index < -0.39 is 5.91 Å². The Morgan fingerprint density at radius 2 is 2.04 bits per heavy atom. The Hall–Kier alpha value is -2.76. The van der Waals surface area contributed by atoms with E-state index in [4.69, 9.17) is 10.2 Å². The molecule has 0 bridgehead atoms. The quantitative estimate of drug-likeness (QED) is 0.693. The van der Waals surface area contributed by atoms with Gasteiger partial charge in [-0.15, -0.1) is 0 Å². The zero-order chi connectivity index (χ0) is 17.4. The van der Waals surface area contributed by atoms with E-state index in [1.807, 2.05) is 25.1 Å². The van der Waals surface area contributed by atoms with Gasteiger partial charge in [0.05, 0.1) is 6.26 Å². The lowest BCUT2D eigenvalue weighted by molar-refractivity contribution is 0.1000. The topological polar surface area (TPSA) is 97.4 Å². The molecule has 2 aromatic rings. The fourth-order valence-electron chi connectivity index (χ4n) is 2.36. The third-order valence-electron chi connectivity index (χ3n) is 3.69. The highest BCUT2D eigenvalue weighted by atomic mass is 16.3. The van der Waals surface area contributed by atoms with Gasteiger partial charge in [-0.05, 0) is 49.6 Å². The number of rotatable bonds is 8. The summed E-state index contributed by atoms with van der Waals surface area (Å²) in [5.41, 5.74) is 6.68. The molecule has 0 spiro atoms. The second-order valence-electron chi connectivity index (χ2n) is 5.73. The molecule has 3 amide bonds. The van der Waals surface area contributed by atoms with Crippen LogP contribution in [0.3, 0.4) is 0 Å². The molecule has 6 heteroatoms. The summed E-state index contributed by atoms with van der Waals surface area (Å²) in [5.74, 6) is 0.464. The Balaban J connectivity index is 1.67. The number of carbonyl (C=O) groups is 2. The summed E-state index contributed by atoms with van der Waals surface area (Å²) < 4.78 is 5.27. The summed E-state index contributed by atoms with van der Waals surface area (Å²) in [6, 6.07) is 10.7. The number of hydrogen-bond acceptors (Lipinski definition) is 3. The van der Waals surface area contributed by atoms with Gasteiger partial charge in [0.1, 0.15) is 5.76 Å². The van der Waals surface area contributed by atoms with E-state index >= 15 is 0 Å². The first-order valence-electron chi connectivity index (χ1n) is 8.00. The minimum Gasteiger partial charge on any atom is -0.469 e. The normalized spacial score (nSPS) is 11.7. The second-order valence-corrected chi connectivity index (χ2v) is 5.73. The van der Waals surface area contributed by atoms with Crippen LogP contribution in [0, 0.1) is 0 Å². The maximum atomic E-state index is 11.9. The van der Waals surface area contributed by atoms with Crippen molar-refractivity contribution in [1.29, 1.82) is 0 Å². The summed E-state index contributed by atoms with van der Waals surface area (Å²) >= 11 is 0. The van der Waals surface area contributed by atoms with Crippen molar-refractivity contribution in [3.05, 3.63) is 59.5 Å². The number of primary amides is 1. The minimum atomic E-state index is -0.451. The molecule has 0 saturated carbocycles. The van der Waals surface area contributed by atoms with Crippen LogP contribution in [-0.4, -0.2) is 24.5 Å². The van der Waals surface area contributed by atoms with Crippen LogP contribution < -0.4 is 16.4 Å². The molecular formula is C18H23N3O3. The van der Waals surface area contributed by atoms with Crippen molar-refractivity contribution in [2.45, 2.75) is 32.2 Å². The van der Waals surface area contributed by atoms with E-state index in [0.717, 1.165) is 24.2 Å². The summed E-state index contributed by atoms with van der Waals surface area (Å²) in [5, 5.41) is 5.71. The summed E-state index contributed by atoms with van der Waals surface area (Å²) in [6.45, 7) is 2.44. The van der Waals surface area contributed by atoms with Crippen LogP contribution in [0.15, 0.2) is 47.1 Å². The third-order valence-corrected chi connectivity index (χ3v) is 3.69. The van der Waals surface area contributed by atoms with Crippen LogP contribution >= 0.6 is 0 Å². The maximum Gasteiger partial charge on any atom is 0.315 e. The molecule has 0 aliphatic heterocycles. The fraction of sp³-hybridized carbons (Fsp3) is 0.333. The van der Waals surface area contributed by atoms with Gasteiger partial charge in [0, 0.05) is 24.6 Å². The number of nitrogens with one attached hydrogen (secondary N) is 2. The third kappa shape index (κ3) is 5.79. The van der Waals surface area contributed by atoms with Gasteiger partial charge < -0.3 is 20.8 Å². The van der Waals surface area contributed by atoms with Crippen molar-refractivity contribution in [3.8, 4) is 0 Å². The largest absolute Gasteiger partial charge is 0.469 e. The van der Waals surface area contributed by atoms with Crippen LogP contribution in [0.2, 0.25) is 0 Å². The van der Waals surface area contributed by atoms with E-state index in [1.165, 1.54) is 0 Å². The number of benzene rings is 1. The minimum absolute atomic E-state index is 0.0493. The number of hydrogen-bond donors (Lipinski definition) is 3. The van der Waals surface area contributed by atoms with E-state index in [2.05, 4.69) is 10.6 Å². The van der Waals surface area contributed by atoms with Crippen LogP contribution in [-0.2, 0) is 12.8 Å². The van der Waals surface area contributed by atoms with Gasteiger partial charge in [-0.2, -0.15) is 0 Å². The zero-order valence-electron chi connectivity index (χ0n) is 13.7. The Morgan fingerprint density at radius 1 is 1.21 bits per heavy atom. The molecule has 24 heavy (non-hydrogen) atoms. The van der Waals surface area contributed by atoms with E-state index in [9.17, 15) is 9.59 Å². The molecule has 1 unspecified atom stereocenters. The predicted octanol–water partition coefficient (Wildman–Crippen LogP) is 2.24. The van der Waals surface area contributed by atoms with Crippen LogP contribution in [0.1, 0.15) is 35.0 Å². The first-order valence-corrected chi connectivity index (χ1v) is 8.00. The second kappa shape index (κ2) is 8.76. The van der Waals surface area contributed by atoms with Crippen molar-refractivity contribution in [1.82, 2.24) is 10.6 Å². The molecule has 2 rings (SSSR count). The van der Waals surface area contributed by atoms with Crippen LogP contribution in [0.25, 0.3) is 0 Å². The van der Waals surface area contributed by atoms with Gasteiger partial charge in [0.2, 0.25) is 5.91 Å². The number of aryl methyl sites for hydroxylation is 1. The molecule has 6 nitrogen and oxygen atoms in total. The summed E-state index contributed by atoms with van der Waals surface area (Å²) in [6.07, 6.45) is 3.87. The number of amides is 3. The standard InChI is InChI=1S/C18H23N3O3/c1-13(7-8-16-6-3-11-24-16)21-18(23)20-10-9-14-4-2-5-15(12-14)17(19)22/h2-6,11-13H,7-10H2,1H3,(H2,19,22)(H2,20,21,23).